The van der Waals surface area contributed by atoms with Gasteiger partial charge in [-0.15, -0.1) is 0 Å². The third-order valence-corrected chi connectivity index (χ3v) is 4.56. The van der Waals surface area contributed by atoms with Crippen LogP contribution in [0.2, 0.25) is 0 Å². The highest BCUT2D eigenvalue weighted by Crippen LogP contribution is 2.32. The van der Waals surface area contributed by atoms with Crippen LogP contribution in [0.25, 0.3) is 0 Å². The smallest absolute Gasteiger partial charge is 0.242 e. The predicted octanol–water partition coefficient (Wildman–Crippen LogP) is 1.22. The van der Waals surface area contributed by atoms with E-state index >= 15 is 0 Å². The first kappa shape index (κ1) is 16.4. The van der Waals surface area contributed by atoms with Crippen molar-refractivity contribution in [3.05, 3.63) is 53.9 Å². The number of hydrogen-bond acceptors (Lipinski definition) is 5. The monoisotopic (exact) mass is 353 g/mol. The minimum absolute atomic E-state index is 0.0471. The molecule has 2 aromatic rings. The fourth-order valence-corrected chi connectivity index (χ4v) is 3.14. The summed E-state index contributed by atoms with van der Waals surface area (Å²) in [5.74, 6) is 1.34. The van der Waals surface area contributed by atoms with Gasteiger partial charge >= 0.3 is 0 Å². The number of hydrogen-bond donors (Lipinski definition) is 0. The maximum absolute atomic E-state index is 12.5. The van der Waals surface area contributed by atoms with Crippen LogP contribution in [0, 0.1) is 0 Å². The van der Waals surface area contributed by atoms with Crippen molar-refractivity contribution in [2.24, 2.45) is 0 Å². The quantitative estimate of drug-likeness (QED) is 0.827. The average Bonchev–Trinajstić information content (AvgIpc) is 3.12. The second-order valence-corrected chi connectivity index (χ2v) is 6.36. The molecule has 0 saturated carbocycles. The van der Waals surface area contributed by atoms with Gasteiger partial charge in [-0.3, -0.25) is 14.6 Å². The van der Waals surface area contributed by atoms with Gasteiger partial charge in [0.1, 0.15) is 0 Å². The molecule has 0 aliphatic carbocycles. The molecule has 2 aliphatic rings. The largest absolute Gasteiger partial charge is 0.454 e. The maximum atomic E-state index is 12.5. The van der Waals surface area contributed by atoms with E-state index in [9.17, 15) is 9.59 Å². The normalized spacial score (nSPS) is 16.1. The van der Waals surface area contributed by atoms with Gasteiger partial charge in [-0.05, 0) is 29.3 Å². The summed E-state index contributed by atoms with van der Waals surface area (Å²) in [5, 5.41) is 0. The molecule has 1 aromatic heterocycles. The van der Waals surface area contributed by atoms with Gasteiger partial charge in [-0.2, -0.15) is 0 Å². The second kappa shape index (κ2) is 7.03. The van der Waals surface area contributed by atoms with E-state index in [4.69, 9.17) is 9.47 Å². The summed E-state index contributed by atoms with van der Waals surface area (Å²) >= 11 is 0. The van der Waals surface area contributed by atoms with Gasteiger partial charge < -0.3 is 19.3 Å². The second-order valence-electron chi connectivity index (χ2n) is 6.36. The van der Waals surface area contributed by atoms with E-state index in [1.807, 2.05) is 24.3 Å². The van der Waals surface area contributed by atoms with Crippen molar-refractivity contribution in [3.8, 4) is 11.5 Å². The van der Waals surface area contributed by atoms with Crippen LogP contribution in [0.1, 0.15) is 11.1 Å². The van der Waals surface area contributed by atoms with Crippen molar-refractivity contribution in [3.63, 3.8) is 0 Å². The van der Waals surface area contributed by atoms with Gasteiger partial charge in [0.15, 0.2) is 11.5 Å². The van der Waals surface area contributed by atoms with Crippen molar-refractivity contribution in [2.45, 2.75) is 13.0 Å². The molecule has 1 saturated heterocycles. The standard InChI is InChI=1S/C19H19N3O4/c23-18(9-14-2-1-5-20-10-14)22-7-6-21(19(24)12-22)11-15-3-4-16-17(8-15)26-13-25-16/h1-5,8,10H,6-7,9,11-13H2. The summed E-state index contributed by atoms with van der Waals surface area (Å²) in [6, 6.07) is 9.35. The molecule has 2 amide bonds. The Bertz CT molecular complexity index is 825. The molecule has 7 nitrogen and oxygen atoms in total. The van der Waals surface area contributed by atoms with Gasteiger partial charge in [-0.1, -0.05) is 12.1 Å². The van der Waals surface area contributed by atoms with Crippen LogP contribution in [0.3, 0.4) is 0 Å². The van der Waals surface area contributed by atoms with Gasteiger partial charge in [-0.25, -0.2) is 0 Å². The Morgan fingerprint density at radius 2 is 2.00 bits per heavy atom. The van der Waals surface area contributed by atoms with Crippen LogP contribution in [0.15, 0.2) is 42.7 Å². The molecule has 134 valence electrons. The number of amides is 2. The summed E-state index contributed by atoms with van der Waals surface area (Å²) in [4.78, 5) is 32.3. The molecule has 0 spiro atoms. The number of pyridine rings is 1. The minimum atomic E-state index is -0.0477. The Hall–Kier alpha value is -3.09. The lowest BCUT2D eigenvalue weighted by atomic mass is 10.1. The number of nitrogens with zero attached hydrogens (tertiary/aromatic N) is 3. The molecule has 26 heavy (non-hydrogen) atoms. The van der Waals surface area contributed by atoms with Crippen LogP contribution in [0.5, 0.6) is 11.5 Å². The maximum Gasteiger partial charge on any atom is 0.242 e. The molecule has 7 heteroatoms. The topological polar surface area (TPSA) is 72.0 Å². The Morgan fingerprint density at radius 1 is 1.12 bits per heavy atom. The number of fused-ring (bicyclic) bond motifs is 1. The minimum Gasteiger partial charge on any atom is -0.454 e. The summed E-state index contributed by atoms with van der Waals surface area (Å²) in [6.45, 7) is 1.90. The molecule has 0 atom stereocenters. The fraction of sp³-hybridized carbons (Fsp3) is 0.316. The predicted molar refractivity (Wildman–Crippen MR) is 92.5 cm³/mol. The fourth-order valence-electron chi connectivity index (χ4n) is 3.14. The highest BCUT2D eigenvalue weighted by atomic mass is 16.7. The zero-order chi connectivity index (χ0) is 17.9. The van der Waals surface area contributed by atoms with Crippen molar-refractivity contribution in [2.75, 3.05) is 26.4 Å². The lowest BCUT2D eigenvalue weighted by Crippen LogP contribution is -2.52. The van der Waals surface area contributed by atoms with Crippen LogP contribution in [-0.4, -0.2) is 53.0 Å². The summed E-state index contributed by atoms with van der Waals surface area (Å²) < 4.78 is 10.7. The Labute approximate surface area is 151 Å². The van der Waals surface area contributed by atoms with E-state index in [2.05, 4.69) is 4.98 Å². The summed E-state index contributed by atoms with van der Waals surface area (Å²) in [7, 11) is 0. The zero-order valence-corrected chi connectivity index (χ0v) is 14.3. The van der Waals surface area contributed by atoms with Gasteiger partial charge in [0, 0.05) is 32.0 Å². The lowest BCUT2D eigenvalue weighted by Gasteiger charge is -2.34. The molecule has 2 aliphatic heterocycles. The SMILES string of the molecule is O=C(Cc1cccnc1)N1CCN(Cc2ccc3c(c2)OCO3)C(=O)C1. The molecule has 0 radical (unpaired) electrons. The number of aromatic nitrogens is 1. The van der Waals surface area contributed by atoms with E-state index in [1.165, 1.54) is 0 Å². The molecule has 0 bridgehead atoms. The third kappa shape index (κ3) is 3.46. The number of piperazine rings is 1. The van der Waals surface area contributed by atoms with E-state index in [1.54, 1.807) is 28.3 Å². The van der Waals surface area contributed by atoms with Crippen molar-refractivity contribution in [1.82, 2.24) is 14.8 Å². The van der Waals surface area contributed by atoms with Gasteiger partial charge in [0.25, 0.3) is 0 Å². The summed E-state index contributed by atoms with van der Waals surface area (Å²) in [5.41, 5.74) is 1.84. The summed E-state index contributed by atoms with van der Waals surface area (Å²) in [6.07, 6.45) is 3.62. The number of benzene rings is 1. The molecule has 1 fully saturated rings. The van der Waals surface area contributed by atoms with Crippen LogP contribution in [-0.2, 0) is 22.6 Å². The van der Waals surface area contributed by atoms with E-state index < -0.39 is 0 Å². The molecule has 0 N–H and O–H groups in total. The van der Waals surface area contributed by atoms with Crippen LogP contribution >= 0.6 is 0 Å². The Morgan fingerprint density at radius 3 is 2.81 bits per heavy atom. The molecule has 3 heterocycles. The highest BCUT2D eigenvalue weighted by molar-refractivity contribution is 5.87. The molecular weight excluding hydrogens is 334 g/mol. The van der Waals surface area contributed by atoms with Crippen molar-refractivity contribution >= 4 is 11.8 Å². The molecule has 1 aromatic carbocycles. The zero-order valence-electron chi connectivity index (χ0n) is 14.3. The van der Waals surface area contributed by atoms with Crippen LogP contribution < -0.4 is 9.47 Å². The molecule has 4 rings (SSSR count). The Balaban J connectivity index is 1.35. The molecular formula is C19H19N3O4. The number of rotatable bonds is 4. The van der Waals surface area contributed by atoms with Gasteiger partial charge in [0.05, 0.1) is 13.0 Å². The van der Waals surface area contributed by atoms with Crippen LogP contribution in [0.4, 0.5) is 0 Å². The highest BCUT2D eigenvalue weighted by Gasteiger charge is 2.27. The number of ether oxygens (including phenoxy) is 2. The first-order chi connectivity index (χ1) is 12.7. The Kier molecular flexibility index (Phi) is 4.43. The lowest BCUT2D eigenvalue weighted by molar-refractivity contribution is -0.145. The number of carbonyl (C=O) groups is 2. The van der Waals surface area contributed by atoms with E-state index in [0.717, 1.165) is 16.9 Å². The first-order valence-corrected chi connectivity index (χ1v) is 8.52. The van der Waals surface area contributed by atoms with Crippen molar-refractivity contribution < 1.29 is 19.1 Å². The molecule has 0 unspecified atom stereocenters. The number of carbonyl (C=O) groups excluding carboxylic acids is 2. The third-order valence-electron chi connectivity index (χ3n) is 4.56. The van der Waals surface area contributed by atoms with E-state index in [-0.39, 0.29) is 31.6 Å². The first-order valence-electron chi connectivity index (χ1n) is 8.52. The van der Waals surface area contributed by atoms with Gasteiger partial charge in [0.2, 0.25) is 18.6 Å². The van der Waals surface area contributed by atoms with Crippen molar-refractivity contribution in [1.29, 1.82) is 0 Å². The average molecular weight is 353 g/mol. The van der Waals surface area contributed by atoms with E-state index in [0.29, 0.717) is 25.4 Å².